The Hall–Kier alpha value is -2.18. The summed E-state index contributed by atoms with van der Waals surface area (Å²) in [6.45, 7) is 2.62. The van der Waals surface area contributed by atoms with Gasteiger partial charge < -0.3 is 18.9 Å². The standard InChI is InChI=1S/C18H23FN2O3/c1-23-11-10-20(14-18(22)24-2)13-16-7-5-9-21(16)12-15-6-3-4-8-17(15)19/h3-9H,10-14H2,1-2H3/p+1. The number of esters is 1. The molecular formula is C18H24FN2O3+. The quantitative estimate of drug-likeness (QED) is 0.692. The van der Waals surface area contributed by atoms with E-state index in [2.05, 4.69) is 0 Å². The van der Waals surface area contributed by atoms with Crippen molar-refractivity contribution in [1.29, 1.82) is 0 Å². The maximum absolute atomic E-state index is 13.9. The monoisotopic (exact) mass is 335 g/mol. The van der Waals surface area contributed by atoms with Crippen molar-refractivity contribution in [3.05, 3.63) is 59.7 Å². The van der Waals surface area contributed by atoms with E-state index >= 15 is 0 Å². The van der Waals surface area contributed by atoms with Gasteiger partial charge in [0.1, 0.15) is 18.9 Å². The van der Waals surface area contributed by atoms with Crippen LogP contribution in [0.4, 0.5) is 4.39 Å². The van der Waals surface area contributed by atoms with E-state index < -0.39 is 0 Å². The van der Waals surface area contributed by atoms with Gasteiger partial charge in [0.05, 0.1) is 26.0 Å². The van der Waals surface area contributed by atoms with E-state index in [1.807, 2.05) is 29.0 Å². The van der Waals surface area contributed by atoms with Crippen molar-refractivity contribution in [3.8, 4) is 0 Å². The smallest absolute Gasteiger partial charge is 0.361 e. The van der Waals surface area contributed by atoms with E-state index in [1.165, 1.54) is 13.2 Å². The van der Waals surface area contributed by atoms with Crippen LogP contribution in [-0.2, 0) is 27.4 Å². The number of nitrogens with one attached hydrogen (secondary N) is 1. The number of quaternary nitrogens is 1. The third-order valence-electron chi connectivity index (χ3n) is 3.93. The van der Waals surface area contributed by atoms with Crippen LogP contribution in [-0.4, -0.2) is 44.5 Å². The highest BCUT2D eigenvalue weighted by Gasteiger charge is 2.17. The summed E-state index contributed by atoms with van der Waals surface area (Å²) in [6.07, 6.45) is 1.92. The Bertz CT molecular complexity index is 657. The maximum Gasteiger partial charge on any atom is 0.361 e. The summed E-state index contributed by atoms with van der Waals surface area (Å²) in [5, 5.41) is 0. The van der Waals surface area contributed by atoms with E-state index in [4.69, 9.17) is 9.47 Å². The molecule has 1 aromatic carbocycles. The van der Waals surface area contributed by atoms with Crippen molar-refractivity contribution >= 4 is 5.97 Å². The molecule has 0 spiro atoms. The van der Waals surface area contributed by atoms with Gasteiger partial charge in [0.15, 0.2) is 6.54 Å². The minimum absolute atomic E-state index is 0.213. The second-order valence-electron chi connectivity index (χ2n) is 5.64. The predicted octanol–water partition coefficient (Wildman–Crippen LogP) is 0.880. The van der Waals surface area contributed by atoms with Crippen molar-refractivity contribution in [1.82, 2.24) is 4.57 Å². The third-order valence-corrected chi connectivity index (χ3v) is 3.93. The zero-order valence-electron chi connectivity index (χ0n) is 14.1. The first-order valence-corrected chi connectivity index (χ1v) is 7.90. The second-order valence-corrected chi connectivity index (χ2v) is 5.64. The van der Waals surface area contributed by atoms with Gasteiger partial charge >= 0.3 is 5.97 Å². The molecule has 0 saturated carbocycles. The molecule has 1 aromatic heterocycles. The van der Waals surface area contributed by atoms with E-state index in [0.29, 0.717) is 31.8 Å². The molecule has 24 heavy (non-hydrogen) atoms. The van der Waals surface area contributed by atoms with Gasteiger partial charge in [0, 0.05) is 18.9 Å². The summed E-state index contributed by atoms with van der Waals surface area (Å²) in [6, 6.07) is 10.7. The number of methoxy groups -OCH3 is 2. The third kappa shape index (κ3) is 5.18. The van der Waals surface area contributed by atoms with Crippen LogP contribution in [0.25, 0.3) is 0 Å². The maximum atomic E-state index is 13.9. The van der Waals surface area contributed by atoms with Crippen molar-refractivity contribution in [3.63, 3.8) is 0 Å². The first-order valence-electron chi connectivity index (χ1n) is 7.90. The summed E-state index contributed by atoms with van der Waals surface area (Å²) in [5.74, 6) is -0.469. The van der Waals surface area contributed by atoms with E-state index in [-0.39, 0.29) is 18.3 Å². The highest BCUT2D eigenvalue weighted by atomic mass is 19.1. The lowest BCUT2D eigenvalue weighted by Crippen LogP contribution is -3.12. The predicted molar refractivity (Wildman–Crippen MR) is 88.2 cm³/mol. The average molecular weight is 335 g/mol. The zero-order chi connectivity index (χ0) is 17.4. The number of rotatable bonds is 9. The van der Waals surface area contributed by atoms with Gasteiger partial charge in [-0.25, -0.2) is 9.18 Å². The van der Waals surface area contributed by atoms with E-state index in [9.17, 15) is 9.18 Å². The molecule has 1 atom stereocenters. The Balaban J connectivity index is 2.09. The van der Waals surface area contributed by atoms with Gasteiger partial charge in [0.2, 0.25) is 0 Å². The normalized spacial score (nSPS) is 12.1. The lowest BCUT2D eigenvalue weighted by Gasteiger charge is -2.19. The molecule has 130 valence electrons. The number of halogens is 1. The summed E-state index contributed by atoms with van der Waals surface area (Å²) in [4.78, 5) is 12.6. The number of hydrogen-bond donors (Lipinski definition) is 1. The van der Waals surface area contributed by atoms with Gasteiger partial charge in [-0.05, 0) is 18.2 Å². The van der Waals surface area contributed by atoms with Gasteiger partial charge in [-0.3, -0.25) is 0 Å². The SMILES string of the molecule is COCC[NH+](CC(=O)OC)Cc1cccn1Cc1ccccc1F. The highest BCUT2D eigenvalue weighted by Crippen LogP contribution is 2.11. The molecule has 0 aliphatic carbocycles. The van der Waals surface area contributed by atoms with Crippen LogP contribution in [0.5, 0.6) is 0 Å². The molecule has 0 radical (unpaired) electrons. The van der Waals surface area contributed by atoms with Crippen LogP contribution < -0.4 is 4.90 Å². The van der Waals surface area contributed by atoms with Gasteiger partial charge in [-0.2, -0.15) is 0 Å². The fourth-order valence-corrected chi connectivity index (χ4v) is 2.59. The molecule has 0 saturated heterocycles. The van der Waals surface area contributed by atoms with Crippen LogP contribution in [0.15, 0.2) is 42.6 Å². The second kappa shape index (κ2) is 9.20. The average Bonchev–Trinajstić information content (AvgIpc) is 3.01. The van der Waals surface area contributed by atoms with Gasteiger partial charge in [-0.1, -0.05) is 18.2 Å². The van der Waals surface area contributed by atoms with E-state index in [1.54, 1.807) is 19.2 Å². The molecular weight excluding hydrogens is 311 g/mol. The number of nitrogens with zero attached hydrogens (tertiary/aromatic N) is 1. The van der Waals surface area contributed by atoms with Crippen molar-refractivity contribution < 1.29 is 23.6 Å². The zero-order valence-corrected chi connectivity index (χ0v) is 14.1. The van der Waals surface area contributed by atoms with Crippen molar-refractivity contribution in [2.45, 2.75) is 13.1 Å². The molecule has 1 heterocycles. The Morgan fingerprint density at radius 1 is 1.21 bits per heavy atom. The fourth-order valence-electron chi connectivity index (χ4n) is 2.59. The molecule has 1 unspecified atom stereocenters. The molecule has 1 N–H and O–H groups in total. The molecule has 2 aromatic rings. The summed E-state index contributed by atoms with van der Waals surface area (Å²) < 4.78 is 25.7. The van der Waals surface area contributed by atoms with Gasteiger partial charge in [-0.15, -0.1) is 0 Å². The Labute approximate surface area is 141 Å². The first kappa shape index (κ1) is 18.2. The molecule has 0 aliphatic heterocycles. The number of benzene rings is 1. The van der Waals surface area contributed by atoms with E-state index in [0.717, 1.165) is 10.6 Å². The Kier molecular flexibility index (Phi) is 6.96. The lowest BCUT2D eigenvalue weighted by molar-refractivity contribution is -0.907. The van der Waals surface area contributed by atoms with Crippen molar-refractivity contribution in [2.75, 3.05) is 33.9 Å². The number of carbonyl (C=O) groups is 1. The molecule has 0 fully saturated rings. The van der Waals surface area contributed by atoms with Gasteiger partial charge in [0.25, 0.3) is 0 Å². The summed E-state index contributed by atoms with van der Waals surface area (Å²) in [7, 11) is 3.02. The molecule has 5 nitrogen and oxygen atoms in total. The lowest BCUT2D eigenvalue weighted by atomic mass is 10.2. The van der Waals surface area contributed by atoms with Crippen LogP contribution in [0, 0.1) is 5.82 Å². The van der Waals surface area contributed by atoms with Crippen LogP contribution in [0.2, 0.25) is 0 Å². The minimum atomic E-state index is -0.256. The Morgan fingerprint density at radius 3 is 2.71 bits per heavy atom. The molecule has 0 aliphatic rings. The van der Waals surface area contributed by atoms with Crippen LogP contribution in [0.3, 0.4) is 0 Å². The van der Waals surface area contributed by atoms with Crippen LogP contribution in [0.1, 0.15) is 11.3 Å². The molecule has 0 bridgehead atoms. The fraction of sp³-hybridized carbons (Fsp3) is 0.389. The highest BCUT2D eigenvalue weighted by molar-refractivity contribution is 5.70. The summed E-state index contributed by atoms with van der Waals surface area (Å²) in [5.41, 5.74) is 1.68. The minimum Gasteiger partial charge on any atom is -0.465 e. The number of aromatic nitrogens is 1. The molecule has 6 heteroatoms. The summed E-state index contributed by atoms with van der Waals surface area (Å²) >= 11 is 0. The molecule has 2 rings (SSSR count). The van der Waals surface area contributed by atoms with Crippen molar-refractivity contribution in [2.24, 2.45) is 0 Å². The first-order chi connectivity index (χ1) is 11.6. The molecule has 0 amide bonds. The largest absolute Gasteiger partial charge is 0.465 e. The number of carbonyl (C=O) groups excluding carboxylic acids is 1. The topological polar surface area (TPSA) is 44.9 Å². The Morgan fingerprint density at radius 2 is 2.00 bits per heavy atom. The number of ether oxygens (including phenoxy) is 2. The van der Waals surface area contributed by atoms with Crippen LogP contribution >= 0.6 is 0 Å². The number of hydrogen-bond acceptors (Lipinski definition) is 3.